The Labute approximate surface area is 176 Å². The number of methoxy groups -OCH3 is 1. The minimum atomic E-state index is -3.26. The predicted molar refractivity (Wildman–Crippen MR) is 109 cm³/mol. The summed E-state index contributed by atoms with van der Waals surface area (Å²) in [5.41, 5.74) is 0.825. The smallest absolute Gasteiger partial charge is 0.334 e. The topological polar surface area (TPSA) is 99.2 Å². The van der Waals surface area contributed by atoms with E-state index in [4.69, 9.17) is 14.2 Å². The van der Waals surface area contributed by atoms with Crippen LogP contribution in [-0.2, 0) is 35.7 Å². The zero-order valence-electron chi connectivity index (χ0n) is 17.2. The van der Waals surface area contributed by atoms with Gasteiger partial charge in [-0.1, -0.05) is 18.7 Å². The molecule has 0 amide bonds. The van der Waals surface area contributed by atoms with E-state index in [1.165, 1.54) is 10.6 Å². The van der Waals surface area contributed by atoms with Gasteiger partial charge >= 0.3 is 11.9 Å². The summed E-state index contributed by atoms with van der Waals surface area (Å²) in [5.74, 6) is -0.555. The van der Waals surface area contributed by atoms with Gasteiger partial charge in [0.05, 0.1) is 19.8 Å². The molecule has 0 radical (unpaired) electrons. The van der Waals surface area contributed by atoms with Gasteiger partial charge in [0, 0.05) is 30.5 Å². The fourth-order valence-corrected chi connectivity index (χ4v) is 4.91. The number of rotatable bonds is 8. The molecule has 164 valence electrons. The van der Waals surface area contributed by atoms with Crippen LogP contribution in [-0.4, -0.2) is 57.2 Å². The van der Waals surface area contributed by atoms with E-state index in [1.807, 2.05) is 0 Å². The number of benzene rings is 1. The molecule has 2 aliphatic rings. The van der Waals surface area contributed by atoms with Crippen LogP contribution < -0.4 is 4.74 Å². The summed E-state index contributed by atoms with van der Waals surface area (Å²) < 4.78 is 40.9. The van der Waals surface area contributed by atoms with E-state index in [1.54, 1.807) is 31.4 Å². The van der Waals surface area contributed by atoms with Crippen molar-refractivity contribution in [3.63, 3.8) is 0 Å². The van der Waals surface area contributed by atoms with Gasteiger partial charge in [-0.05, 0) is 30.5 Å². The highest BCUT2D eigenvalue weighted by Gasteiger charge is 2.46. The molecule has 0 aromatic heterocycles. The molecule has 1 aromatic rings. The summed E-state index contributed by atoms with van der Waals surface area (Å²) in [6.45, 7) is 4.45. The standard InChI is InChI=1S/C21H27NO7S/c1-14(10-19(23)28-13-15-4-8-18(27-2)9-5-15)21(24)29-20-16-6-7-17(20)12-22(11-16)30(3,25)26/h4-5,8-9,16-17,20H,1,6-7,10-13H2,2-3H3/t16-,17+,20+. The monoisotopic (exact) mass is 437 g/mol. The number of nitrogens with zero attached hydrogens (tertiary/aromatic N) is 1. The van der Waals surface area contributed by atoms with Gasteiger partial charge in [0.2, 0.25) is 10.0 Å². The molecule has 1 saturated carbocycles. The number of hydrogen-bond donors (Lipinski definition) is 0. The van der Waals surface area contributed by atoms with Crippen molar-refractivity contribution < 1.29 is 32.2 Å². The lowest BCUT2D eigenvalue weighted by atomic mass is 9.96. The van der Waals surface area contributed by atoms with Crippen LogP contribution in [0.1, 0.15) is 24.8 Å². The second kappa shape index (κ2) is 9.18. The van der Waals surface area contributed by atoms with E-state index in [0.29, 0.717) is 18.8 Å². The van der Waals surface area contributed by atoms with Gasteiger partial charge in [0.1, 0.15) is 18.5 Å². The average molecular weight is 438 g/mol. The Kier molecular flexibility index (Phi) is 6.82. The maximum Gasteiger partial charge on any atom is 0.334 e. The largest absolute Gasteiger partial charge is 0.497 e. The minimum Gasteiger partial charge on any atom is -0.497 e. The normalized spacial score (nSPS) is 23.6. The van der Waals surface area contributed by atoms with E-state index >= 15 is 0 Å². The Morgan fingerprint density at radius 2 is 1.73 bits per heavy atom. The number of esters is 2. The highest BCUT2D eigenvalue weighted by Crippen LogP contribution is 2.40. The second-order valence-electron chi connectivity index (χ2n) is 7.84. The molecule has 1 heterocycles. The Morgan fingerprint density at radius 3 is 2.27 bits per heavy atom. The molecule has 1 aliphatic heterocycles. The van der Waals surface area contributed by atoms with Crippen LogP contribution in [0.3, 0.4) is 0 Å². The molecule has 2 fully saturated rings. The summed E-state index contributed by atoms with van der Waals surface area (Å²) in [5, 5.41) is 0. The molecule has 0 spiro atoms. The van der Waals surface area contributed by atoms with Crippen LogP contribution >= 0.6 is 0 Å². The van der Waals surface area contributed by atoms with Gasteiger partial charge in [0.25, 0.3) is 0 Å². The van der Waals surface area contributed by atoms with Crippen molar-refractivity contribution in [3.05, 3.63) is 42.0 Å². The van der Waals surface area contributed by atoms with E-state index in [-0.39, 0.29) is 36.5 Å². The molecule has 9 heteroatoms. The first-order chi connectivity index (χ1) is 14.2. The fraction of sp³-hybridized carbons (Fsp3) is 0.524. The molecule has 1 saturated heterocycles. The van der Waals surface area contributed by atoms with Crippen LogP contribution in [0.4, 0.5) is 0 Å². The molecule has 3 atom stereocenters. The molecule has 0 N–H and O–H groups in total. The molecule has 8 nitrogen and oxygen atoms in total. The summed E-state index contributed by atoms with van der Waals surface area (Å²) in [4.78, 5) is 24.5. The summed E-state index contributed by atoms with van der Waals surface area (Å²) in [6.07, 6.45) is 2.21. The molecule has 0 unspecified atom stereocenters. The lowest BCUT2D eigenvalue weighted by Gasteiger charge is -2.36. The third kappa shape index (κ3) is 5.40. The molecule has 1 aromatic carbocycles. The number of carbonyl (C=O) groups excluding carboxylic acids is 2. The lowest BCUT2D eigenvalue weighted by Crippen LogP contribution is -2.48. The molecule has 2 bridgehead atoms. The van der Waals surface area contributed by atoms with E-state index in [2.05, 4.69) is 6.58 Å². The van der Waals surface area contributed by atoms with Crippen molar-refractivity contribution in [1.82, 2.24) is 4.31 Å². The number of piperidine rings is 1. The van der Waals surface area contributed by atoms with Gasteiger partial charge in [-0.15, -0.1) is 0 Å². The zero-order chi connectivity index (χ0) is 21.9. The highest BCUT2D eigenvalue weighted by atomic mass is 32.2. The average Bonchev–Trinajstić information content (AvgIpc) is 2.92. The first-order valence-electron chi connectivity index (χ1n) is 9.80. The molecular formula is C21H27NO7S. The van der Waals surface area contributed by atoms with Crippen LogP contribution in [0.5, 0.6) is 5.75 Å². The number of ether oxygens (including phenoxy) is 3. The van der Waals surface area contributed by atoms with Gasteiger partial charge in [-0.2, -0.15) is 0 Å². The van der Waals surface area contributed by atoms with Gasteiger partial charge in [0.15, 0.2) is 0 Å². The highest BCUT2D eigenvalue weighted by molar-refractivity contribution is 7.88. The summed E-state index contributed by atoms with van der Waals surface area (Å²) >= 11 is 0. The van der Waals surface area contributed by atoms with Gasteiger partial charge < -0.3 is 14.2 Å². The maximum absolute atomic E-state index is 12.4. The molecular weight excluding hydrogens is 410 g/mol. The van der Waals surface area contributed by atoms with E-state index in [0.717, 1.165) is 18.4 Å². The Morgan fingerprint density at radius 1 is 1.13 bits per heavy atom. The van der Waals surface area contributed by atoms with Crippen molar-refractivity contribution in [2.75, 3.05) is 26.5 Å². The molecule has 3 rings (SSSR count). The van der Waals surface area contributed by atoms with Crippen molar-refractivity contribution in [1.29, 1.82) is 0 Å². The van der Waals surface area contributed by atoms with Crippen molar-refractivity contribution in [2.45, 2.75) is 32.0 Å². The van der Waals surface area contributed by atoms with Crippen molar-refractivity contribution in [2.24, 2.45) is 11.8 Å². The van der Waals surface area contributed by atoms with E-state index < -0.39 is 22.0 Å². The molecule has 30 heavy (non-hydrogen) atoms. The Balaban J connectivity index is 1.46. The summed E-state index contributed by atoms with van der Waals surface area (Å²) in [6, 6.07) is 7.10. The van der Waals surface area contributed by atoms with Crippen molar-refractivity contribution >= 4 is 22.0 Å². The van der Waals surface area contributed by atoms with Gasteiger partial charge in [-0.25, -0.2) is 17.5 Å². The predicted octanol–water partition coefficient (Wildman–Crippen LogP) is 1.90. The van der Waals surface area contributed by atoms with Crippen LogP contribution in [0.25, 0.3) is 0 Å². The SMILES string of the molecule is C=C(CC(=O)OCc1ccc(OC)cc1)C(=O)O[C@H]1[C@@H]2CC[C@H]1CN(S(C)(=O)=O)C2. The number of fused-ring (bicyclic) bond motifs is 2. The number of hydrogen-bond acceptors (Lipinski definition) is 7. The van der Waals surface area contributed by atoms with Gasteiger partial charge in [-0.3, -0.25) is 4.79 Å². The fourth-order valence-electron chi connectivity index (χ4n) is 3.98. The molecule has 1 aliphatic carbocycles. The van der Waals surface area contributed by atoms with Crippen LogP contribution in [0, 0.1) is 11.8 Å². The van der Waals surface area contributed by atoms with Crippen LogP contribution in [0.15, 0.2) is 36.4 Å². The first kappa shape index (κ1) is 22.3. The lowest BCUT2D eigenvalue weighted by molar-refractivity contribution is -0.153. The second-order valence-corrected chi connectivity index (χ2v) is 9.82. The summed E-state index contributed by atoms with van der Waals surface area (Å²) in [7, 11) is -1.69. The maximum atomic E-state index is 12.4. The first-order valence-corrected chi connectivity index (χ1v) is 11.6. The van der Waals surface area contributed by atoms with Crippen molar-refractivity contribution in [3.8, 4) is 5.75 Å². The third-order valence-corrected chi connectivity index (χ3v) is 6.87. The van der Waals surface area contributed by atoms with E-state index in [9.17, 15) is 18.0 Å². The quantitative estimate of drug-likeness (QED) is 0.452. The third-order valence-electron chi connectivity index (χ3n) is 5.63. The Bertz CT molecular complexity index is 896. The Hall–Kier alpha value is -2.39. The van der Waals surface area contributed by atoms with Crippen LogP contribution in [0.2, 0.25) is 0 Å². The minimum absolute atomic E-state index is 0.0275. The number of sulfonamides is 1. The number of carbonyl (C=O) groups is 2. The zero-order valence-corrected chi connectivity index (χ0v) is 18.0.